The van der Waals surface area contributed by atoms with Crippen LogP contribution in [0, 0.1) is 0 Å². The molecular formula is C19H22N4O5. The maximum Gasteiger partial charge on any atom is 0.164 e. The molecule has 0 amide bonds. The predicted octanol–water partition coefficient (Wildman–Crippen LogP) is 0.765. The van der Waals surface area contributed by atoms with E-state index in [0.29, 0.717) is 28.2 Å². The Morgan fingerprint density at radius 3 is 2.64 bits per heavy atom. The Balaban J connectivity index is 1.68. The van der Waals surface area contributed by atoms with E-state index in [1.165, 1.54) is 13.3 Å². The molecule has 9 heteroatoms. The van der Waals surface area contributed by atoms with E-state index in [4.69, 9.17) is 15.2 Å². The van der Waals surface area contributed by atoms with E-state index in [9.17, 15) is 15.3 Å². The largest absolute Gasteiger partial charge is 0.497 e. The molecule has 1 aliphatic heterocycles. The van der Waals surface area contributed by atoms with Gasteiger partial charge in [-0.3, -0.25) is 0 Å². The lowest BCUT2D eigenvalue weighted by molar-refractivity contribution is -0.115. The quantitative estimate of drug-likeness (QED) is 0.516. The molecule has 0 saturated carbocycles. The number of hydrogen-bond acceptors (Lipinski definition) is 8. The van der Waals surface area contributed by atoms with E-state index in [2.05, 4.69) is 9.97 Å². The maximum atomic E-state index is 10.9. The number of nitrogens with zero attached hydrogens (tertiary/aromatic N) is 3. The number of aromatic nitrogens is 3. The van der Waals surface area contributed by atoms with Crippen LogP contribution in [-0.4, -0.2) is 54.8 Å². The zero-order valence-corrected chi connectivity index (χ0v) is 15.4. The summed E-state index contributed by atoms with van der Waals surface area (Å²) in [6.45, 7) is 1.43. The van der Waals surface area contributed by atoms with Gasteiger partial charge in [0.05, 0.1) is 12.5 Å². The molecular weight excluding hydrogens is 364 g/mol. The second kappa shape index (κ2) is 6.71. The molecule has 28 heavy (non-hydrogen) atoms. The number of nitrogen functional groups attached to an aromatic ring is 1. The van der Waals surface area contributed by atoms with Crippen LogP contribution in [-0.2, 0) is 4.74 Å². The van der Waals surface area contributed by atoms with Crippen LogP contribution in [0.5, 0.6) is 5.75 Å². The van der Waals surface area contributed by atoms with Crippen molar-refractivity contribution in [2.24, 2.45) is 0 Å². The lowest BCUT2D eigenvalue weighted by Crippen LogP contribution is -2.47. The van der Waals surface area contributed by atoms with Crippen molar-refractivity contribution in [2.75, 3.05) is 12.8 Å². The van der Waals surface area contributed by atoms with Gasteiger partial charge in [0.25, 0.3) is 0 Å². The van der Waals surface area contributed by atoms with Gasteiger partial charge in [-0.25, -0.2) is 9.97 Å². The molecule has 0 unspecified atom stereocenters. The highest BCUT2D eigenvalue weighted by Crippen LogP contribution is 2.43. The Hall–Kier alpha value is -2.72. The third-order valence-electron chi connectivity index (χ3n) is 5.29. The fourth-order valence-electron chi connectivity index (χ4n) is 3.60. The van der Waals surface area contributed by atoms with Crippen molar-refractivity contribution in [3.05, 3.63) is 48.4 Å². The Bertz CT molecular complexity index is 988. The number of hydrogen-bond donors (Lipinski definition) is 4. The summed E-state index contributed by atoms with van der Waals surface area (Å²) >= 11 is 0. The molecule has 0 radical (unpaired) electrons. The minimum atomic E-state index is -1.71. The van der Waals surface area contributed by atoms with Crippen LogP contribution in [0.15, 0.2) is 42.9 Å². The van der Waals surface area contributed by atoms with Crippen molar-refractivity contribution < 1.29 is 24.8 Å². The zero-order chi connectivity index (χ0) is 20.1. The van der Waals surface area contributed by atoms with Crippen LogP contribution < -0.4 is 10.5 Å². The van der Waals surface area contributed by atoms with Gasteiger partial charge in [0.1, 0.15) is 47.5 Å². The van der Waals surface area contributed by atoms with Gasteiger partial charge in [-0.2, -0.15) is 0 Å². The highest BCUT2D eigenvalue weighted by Gasteiger charge is 2.55. The fraction of sp³-hybridized carbons (Fsp3) is 0.368. The molecule has 0 aliphatic carbocycles. The van der Waals surface area contributed by atoms with Crippen LogP contribution in [0.4, 0.5) is 5.82 Å². The molecule has 0 bridgehead atoms. The van der Waals surface area contributed by atoms with Gasteiger partial charge in [0.2, 0.25) is 0 Å². The van der Waals surface area contributed by atoms with E-state index in [1.54, 1.807) is 48.2 Å². The molecule has 3 heterocycles. The summed E-state index contributed by atoms with van der Waals surface area (Å²) in [5, 5.41) is 33.1. The van der Waals surface area contributed by atoms with Gasteiger partial charge in [0, 0.05) is 6.20 Å². The molecule has 0 spiro atoms. The molecule has 148 valence electrons. The first-order valence-corrected chi connectivity index (χ1v) is 8.79. The molecule has 3 aromatic rings. The van der Waals surface area contributed by atoms with Gasteiger partial charge < -0.3 is 35.1 Å². The average Bonchev–Trinajstić information content (AvgIpc) is 3.22. The smallest absolute Gasteiger partial charge is 0.164 e. The zero-order valence-electron chi connectivity index (χ0n) is 15.4. The summed E-state index contributed by atoms with van der Waals surface area (Å²) in [5.41, 5.74) is 5.15. The van der Waals surface area contributed by atoms with Gasteiger partial charge in [0.15, 0.2) is 6.23 Å². The van der Waals surface area contributed by atoms with Crippen molar-refractivity contribution in [1.29, 1.82) is 0 Å². The molecule has 1 fully saturated rings. The van der Waals surface area contributed by atoms with Gasteiger partial charge >= 0.3 is 0 Å². The van der Waals surface area contributed by atoms with Gasteiger partial charge in [-0.15, -0.1) is 0 Å². The number of aliphatic hydroxyl groups is 3. The number of fused-ring (bicyclic) bond motifs is 1. The van der Waals surface area contributed by atoms with Crippen LogP contribution in [0.25, 0.3) is 11.0 Å². The minimum absolute atomic E-state index is 0.304. The highest BCUT2D eigenvalue weighted by molar-refractivity contribution is 5.86. The topological polar surface area (TPSA) is 136 Å². The van der Waals surface area contributed by atoms with Crippen molar-refractivity contribution in [2.45, 2.75) is 37.1 Å². The van der Waals surface area contributed by atoms with Crippen molar-refractivity contribution in [3.63, 3.8) is 0 Å². The Morgan fingerprint density at radius 2 is 1.96 bits per heavy atom. The summed E-state index contributed by atoms with van der Waals surface area (Å²) in [4.78, 5) is 8.14. The Labute approximate surface area is 161 Å². The lowest BCUT2D eigenvalue weighted by atomic mass is 9.88. The van der Waals surface area contributed by atoms with Gasteiger partial charge in [-0.05, 0) is 30.7 Å². The van der Waals surface area contributed by atoms with E-state index >= 15 is 0 Å². The number of rotatable bonds is 4. The highest BCUT2D eigenvalue weighted by atomic mass is 16.6. The fourth-order valence-corrected chi connectivity index (χ4v) is 3.60. The number of aliphatic hydroxyl groups excluding tert-OH is 2. The maximum absolute atomic E-state index is 10.9. The standard InChI is InChI=1S/C19H22N4O5/c1-19(26)14(25)18(23-8-7-12-16(20)21-9-22-17(12)23)28-15(19)13(24)10-3-5-11(27-2)6-4-10/h3-9,13-15,18,24-26H,1-2H3,(H2,20,21,22)/t13-,14-,15+,18+,19-/m0/s1. The lowest BCUT2D eigenvalue weighted by Gasteiger charge is -2.29. The predicted molar refractivity (Wildman–Crippen MR) is 100 cm³/mol. The van der Waals surface area contributed by atoms with E-state index in [-0.39, 0.29) is 0 Å². The number of methoxy groups -OCH3 is 1. The minimum Gasteiger partial charge on any atom is -0.497 e. The van der Waals surface area contributed by atoms with Crippen molar-refractivity contribution in [3.8, 4) is 5.75 Å². The summed E-state index contributed by atoms with van der Waals surface area (Å²) in [6.07, 6.45) is -1.53. The van der Waals surface area contributed by atoms with Crippen molar-refractivity contribution >= 4 is 16.9 Å². The summed E-state index contributed by atoms with van der Waals surface area (Å²) in [5.74, 6) is 0.946. The average molecular weight is 386 g/mol. The van der Waals surface area contributed by atoms with E-state index in [0.717, 1.165) is 0 Å². The molecule has 5 N–H and O–H groups in total. The van der Waals surface area contributed by atoms with E-state index < -0.39 is 30.1 Å². The summed E-state index contributed by atoms with van der Waals surface area (Å²) in [6, 6.07) is 8.48. The first-order chi connectivity index (χ1) is 13.3. The molecule has 1 aromatic carbocycles. The third kappa shape index (κ3) is 2.80. The van der Waals surface area contributed by atoms with Crippen LogP contribution in [0.3, 0.4) is 0 Å². The SMILES string of the molecule is COc1ccc([C@H](O)[C@H]2O[C@@H](n3ccc4c(N)ncnc43)[C@H](O)[C@]2(C)O)cc1. The molecule has 2 aromatic heterocycles. The third-order valence-corrected chi connectivity index (χ3v) is 5.29. The van der Waals surface area contributed by atoms with Gasteiger partial charge in [-0.1, -0.05) is 12.1 Å². The first-order valence-electron chi connectivity index (χ1n) is 8.79. The molecule has 1 aliphatic rings. The monoisotopic (exact) mass is 386 g/mol. The summed E-state index contributed by atoms with van der Waals surface area (Å²) < 4.78 is 12.6. The number of ether oxygens (including phenoxy) is 2. The number of anilines is 1. The Morgan fingerprint density at radius 1 is 1.25 bits per heavy atom. The second-order valence-corrected chi connectivity index (χ2v) is 7.06. The number of nitrogens with two attached hydrogens (primary N) is 1. The molecule has 5 atom stereocenters. The van der Waals surface area contributed by atoms with Crippen LogP contribution in [0.2, 0.25) is 0 Å². The molecule has 1 saturated heterocycles. The summed E-state index contributed by atoms with van der Waals surface area (Å²) in [7, 11) is 1.55. The second-order valence-electron chi connectivity index (χ2n) is 7.06. The number of benzene rings is 1. The molecule has 4 rings (SSSR count). The van der Waals surface area contributed by atoms with E-state index in [1.807, 2.05) is 0 Å². The van der Waals surface area contributed by atoms with Crippen LogP contribution in [0.1, 0.15) is 24.8 Å². The van der Waals surface area contributed by atoms with Crippen molar-refractivity contribution in [1.82, 2.24) is 14.5 Å². The van der Waals surface area contributed by atoms with Crippen LogP contribution >= 0.6 is 0 Å². The first kappa shape index (κ1) is 18.6. The Kier molecular flexibility index (Phi) is 4.47. The normalized spacial score (nSPS) is 28.5. The molecule has 9 nitrogen and oxygen atoms in total.